The van der Waals surface area contributed by atoms with Gasteiger partial charge in [0.25, 0.3) is 0 Å². The third-order valence-electron chi connectivity index (χ3n) is 1.46. The van der Waals surface area contributed by atoms with Crippen LogP contribution in [0.4, 0.5) is 0 Å². The van der Waals surface area contributed by atoms with Crippen LogP contribution in [0.1, 0.15) is 6.92 Å². The first-order valence-corrected chi connectivity index (χ1v) is 16.8. The second-order valence-corrected chi connectivity index (χ2v) is 16.4. The molecule has 1 rings (SSSR count). The Morgan fingerprint density at radius 1 is 1.47 bits per heavy atom. The van der Waals surface area contributed by atoms with E-state index in [-0.39, 0.29) is 29.6 Å². The molecular weight excluding hydrogens is 432 g/mol. The van der Waals surface area contributed by atoms with E-state index in [1.165, 1.54) is 8.83 Å². The molecule has 7 heteroatoms. The minimum atomic E-state index is -2.47. The van der Waals surface area contributed by atoms with Gasteiger partial charge in [-0.05, 0) is 0 Å². The summed E-state index contributed by atoms with van der Waals surface area (Å²) in [4.78, 5) is 1.22. The second kappa shape index (κ2) is 9.45. The van der Waals surface area contributed by atoms with Gasteiger partial charge in [0.05, 0.1) is 0 Å². The quantitative estimate of drug-likeness (QED) is 0.453. The van der Waals surface area contributed by atoms with Gasteiger partial charge in [0.2, 0.25) is 0 Å². The van der Waals surface area contributed by atoms with Crippen LogP contribution >= 0.6 is 8.24 Å². The topological polar surface area (TPSA) is 49.4 Å². The molecule has 0 aromatic heterocycles. The van der Waals surface area contributed by atoms with Crippen molar-refractivity contribution in [2.24, 2.45) is 0 Å². The summed E-state index contributed by atoms with van der Waals surface area (Å²) >= 11 is -3.20. The van der Waals surface area contributed by atoms with Crippen LogP contribution in [0.15, 0.2) is 29.2 Å². The van der Waals surface area contributed by atoms with E-state index in [9.17, 15) is 8.76 Å². The van der Waals surface area contributed by atoms with Crippen LogP contribution in [0.3, 0.4) is 0 Å². The summed E-state index contributed by atoms with van der Waals surface area (Å²) in [6.45, 7) is 2.21. The van der Waals surface area contributed by atoms with E-state index in [2.05, 4.69) is 11.1 Å². The summed E-state index contributed by atoms with van der Waals surface area (Å²) in [5.41, 5.74) is 0. The summed E-state index contributed by atoms with van der Waals surface area (Å²) in [5.74, 6) is 0.371. The number of rotatable bonds is 5. The normalized spacial score (nSPS) is 11.1. The average molecular weight is 441 g/mol. The van der Waals surface area contributed by atoms with Crippen molar-refractivity contribution in [3.05, 3.63) is 24.3 Å². The molecule has 0 radical (unpaired) electrons. The van der Waals surface area contributed by atoms with Gasteiger partial charge in [-0.1, -0.05) is 0 Å². The maximum Gasteiger partial charge on any atom is 1.00 e. The number of benzene rings is 1. The van der Waals surface area contributed by atoms with Gasteiger partial charge in [0.1, 0.15) is 0 Å². The van der Waals surface area contributed by atoms with E-state index in [0.29, 0.717) is 5.75 Å². The predicted molar refractivity (Wildman–Crippen MR) is 52.3 cm³/mol. The minimum Gasteiger partial charge on any atom is 1.00 e. The van der Waals surface area contributed by atoms with Crippen LogP contribution in [0.5, 0.6) is 5.75 Å². The summed E-state index contributed by atoms with van der Waals surface area (Å²) in [6.07, 6.45) is 0. The van der Waals surface area contributed by atoms with Crippen molar-refractivity contribution in [2.45, 2.75) is 15.7 Å². The Morgan fingerprint density at radius 2 is 2.07 bits per heavy atom. The molecule has 1 aromatic carbocycles. The Bertz CT molecular complexity index is 307. The van der Waals surface area contributed by atoms with Gasteiger partial charge in [-0.3, -0.25) is 0 Å². The smallest absolute Gasteiger partial charge is 1.00 e. The molecule has 0 spiro atoms. The van der Waals surface area contributed by atoms with Gasteiger partial charge < -0.3 is 0 Å². The van der Waals surface area contributed by atoms with Gasteiger partial charge in [0, 0.05) is 0 Å². The van der Waals surface area contributed by atoms with Gasteiger partial charge in [-0.2, -0.15) is 0 Å². The molecule has 15 heavy (non-hydrogen) atoms. The first-order valence-electron chi connectivity index (χ1n) is 4.23. The molecule has 0 aliphatic heterocycles. The maximum atomic E-state index is 10.2. The summed E-state index contributed by atoms with van der Waals surface area (Å²) in [7, 11) is 1.96. The third kappa shape index (κ3) is 7.36. The van der Waals surface area contributed by atoms with Crippen LogP contribution in [0.2, 0.25) is 3.93 Å². The molecule has 1 atom stereocenters. The van der Waals surface area contributed by atoms with Crippen molar-refractivity contribution < 1.29 is 65.6 Å². The Kier molecular flexibility index (Phi) is 10.3. The number of hydrogen-bond acceptors (Lipinski definition) is 4. The molecule has 0 aliphatic carbocycles. The Labute approximate surface area is 129 Å². The van der Waals surface area contributed by atoms with E-state index in [0.717, 1.165) is 0 Å². The molecule has 0 amide bonds. The fourth-order valence-electron chi connectivity index (χ4n) is 0.890. The zero-order valence-electron chi connectivity index (χ0n) is 8.76. The molecule has 0 N–H and O–H groups in total. The second-order valence-electron chi connectivity index (χ2n) is 2.61. The van der Waals surface area contributed by atoms with Crippen molar-refractivity contribution in [1.82, 2.24) is 0 Å². The van der Waals surface area contributed by atoms with Crippen LogP contribution in [0, 0.1) is 0 Å². The molecule has 0 saturated carbocycles. The first-order chi connectivity index (χ1) is 6.72. The molecule has 0 saturated heterocycles. The number of hydrogen-bond donors (Lipinski definition) is 0. The minimum absolute atomic E-state index is 0. The van der Waals surface area contributed by atoms with Crippen molar-refractivity contribution in [1.29, 1.82) is 0 Å². The molecule has 3 nitrogen and oxygen atoms in total. The van der Waals surface area contributed by atoms with E-state index in [1.54, 1.807) is 12.1 Å². The standard InChI is InChI=1S/C6H6O3S2.C2H5.Hg.Na/c7-11(8)9-5-1-3-6(10)4-2-5;1-2;;/h1-4,10H,(H,7,8);1H2,2H3;;/q;;2*+1/p-2. The Hall–Kier alpha value is 1.42. The monoisotopic (exact) mass is 442 g/mol. The molecule has 74 valence electrons. The van der Waals surface area contributed by atoms with Crippen molar-refractivity contribution in [3.8, 4) is 5.75 Å². The van der Waals surface area contributed by atoms with Crippen LogP contribution in [-0.4, -0.2) is 8.76 Å². The van der Waals surface area contributed by atoms with E-state index in [1.807, 2.05) is 20.4 Å². The zero-order chi connectivity index (χ0) is 10.4. The van der Waals surface area contributed by atoms with Gasteiger partial charge in [-0.15, -0.1) is 0 Å². The fourth-order valence-corrected chi connectivity index (χ4v) is 9.30. The van der Waals surface area contributed by atoms with Gasteiger partial charge >= 0.3 is 131 Å². The Morgan fingerprint density at radius 3 is 2.53 bits per heavy atom. The molecule has 1 unspecified atom stereocenters. The summed E-state index contributed by atoms with van der Waals surface area (Å²) in [6, 6.07) is 7.17. The maximum absolute atomic E-state index is 10.2. The van der Waals surface area contributed by atoms with Crippen LogP contribution in [0.25, 0.3) is 0 Å². The SMILES string of the molecule is C[CH2][Hg][S]c1ccc(OS(=O)[O-])cc1.[Na+]. The van der Waals surface area contributed by atoms with Crippen molar-refractivity contribution in [3.63, 3.8) is 0 Å². The molecule has 0 fully saturated rings. The molecular formula is C8H9HgNaO3S2. The first kappa shape index (κ1) is 16.4. The molecule has 1 aromatic rings. The van der Waals surface area contributed by atoms with E-state index >= 15 is 0 Å². The van der Waals surface area contributed by atoms with Crippen molar-refractivity contribution in [2.75, 3.05) is 0 Å². The third-order valence-corrected chi connectivity index (χ3v) is 14.0. The molecule has 0 bridgehead atoms. The summed E-state index contributed by atoms with van der Waals surface area (Å²) in [5, 5.41) is 0. The Balaban J connectivity index is 0.00000196. The molecule has 0 aliphatic rings. The van der Waals surface area contributed by atoms with E-state index < -0.39 is 34.4 Å². The zero-order valence-corrected chi connectivity index (χ0v) is 17.9. The predicted octanol–water partition coefficient (Wildman–Crippen LogP) is -0.609. The van der Waals surface area contributed by atoms with E-state index in [4.69, 9.17) is 0 Å². The largest absolute Gasteiger partial charge is 1.00 e. The average Bonchev–Trinajstić information content (AvgIpc) is 2.16. The molecule has 0 heterocycles. The fraction of sp³-hybridized carbons (Fsp3) is 0.250. The summed E-state index contributed by atoms with van der Waals surface area (Å²) < 4.78 is 26.3. The van der Waals surface area contributed by atoms with Gasteiger partial charge in [-0.25, -0.2) is 0 Å². The van der Waals surface area contributed by atoms with Crippen LogP contribution < -0.4 is 33.7 Å². The van der Waals surface area contributed by atoms with Gasteiger partial charge in [0.15, 0.2) is 0 Å². The van der Waals surface area contributed by atoms with Crippen LogP contribution in [-0.2, 0) is 34.4 Å². The van der Waals surface area contributed by atoms with Crippen molar-refractivity contribution >= 4 is 19.6 Å².